The number of carbonyl (C=O) groups excluding carboxylic acids is 4. The minimum Gasteiger partial charge on any atom is -0.502 e. The Morgan fingerprint density at radius 1 is 0.967 bits per heavy atom. The number of rotatable bonds is 8. The lowest BCUT2D eigenvalue weighted by Gasteiger charge is -2.47. The van der Waals surface area contributed by atoms with E-state index in [1.807, 2.05) is 37.3 Å². The quantitative estimate of drug-likeness (QED) is 0.117. The predicted octanol–water partition coefficient (Wildman–Crippen LogP) is 7.67. The van der Waals surface area contributed by atoms with Crippen LogP contribution in [0.3, 0.4) is 0 Å². The lowest BCUT2D eigenvalue weighted by atomic mass is 9.52. The zero-order valence-electron chi connectivity index (χ0n) is 33.1. The lowest BCUT2D eigenvalue weighted by Crippen LogP contribution is -2.49. The van der Waals surface area contributed by atoms with Gasteiger partial charge in [0, 0.05) is 28.8 Å². The van der Waals surface area contributed by atoms with E-state index in [0.29, 0.717) is 22.1 Å². The zero-order chi connectivity index (χ0) is 42.5. The lowest BCUT2D eigenvalue weighted by molar-refractivity contribution is -0.132. The van der Waals surface area contributed by atoms with Gasteiger partial charge in [-0.25, -0.2) is 9.69 Å². The van der Waals surface area contributed by atoms with Gasteiger partial charge in [0.2, 0.25) is 29.4 Å². The molecule has 15 heteroatoms. The summed E-state index contributed by atoms with van der Waals surface area (Å²) >= 11 is 7.87. The summed E-state index contributed by atoms with van der Waals surface area (Å²) in [5.74, 6) is -6.34. The third-order valence-corrected chi connectivity index (χ3v) is 14.4. The number of phenolic OH excluding ortho intramolecular Hbond substituents is 1. The van der Waals surface area contributed by atoms with Crippen LogP contribution in [0, 0.1) is 41.9 Å². The number of aryl methyl sites for hydroxylation is 2. The number of nitrogens with zero attached hydrogens (tertiary/aromatic N) is 4. The zero-order valence-corrected chi connectivity index (χ0v) is 34.7. The van der Waals surface area contributed by atoms with Gasteiger partial charge < -0.3 is 19.7 Å². The van der Waals surface area contributed by atoms with E-state index in [0.717, 1.165) is 31.0 Å². The molecule has 306 valence electrons. The van der Waals surface area contributed by atoms with Crippen LogP contribution in [0.5, 0.6) is 17.2 Å². The smallest absolute Gasteiger partial charge is 0.335 e. The van der Waals surface area contributed by atoms with Gasteiger partial charge in [0.1, 0.15) is 11.5 Å². The number of fused-ring (bicyclic) bond motifs is 5. The number of anilines is 2. The fraction of sp³-hybridized carbons (Fsp3) is 0.289. The molecule has 60 heavy (non-hydrogen) atoms. The molecule has 4 heterocycles. The summed E-state index contributed by atoms with van der Waals surface area (Å²) in [4.78, 5) is 73.7. The number of hydrogen-bond donors (Lipinski definition) is 2. The number of imide groups is 2. The molecule has 1 saturated carbocycles. The molecule has 0 spiro atoms. The number of carboxylic acids is 1. The summed E-state index contributed by atoms with van der Waals surface area (Å²) in [6.45, 7) is 3.77. The van der Waals surface area contributed by atoms with E-state index >= 15 is 4.79 Å². The minimum absolute atomic E-state index is 0.0664. The first kappa shape index (κ1) is 39.2. The molecule has 5 aromatic rings. The maximum Gasteiger partial charge on any atom is 0.335 e. The number of thiophene rings is 1. The topological polar surface area (TPSA) is 169 Å². The number of aromatic nitrogens is 2. The van der Waals surface area contributed by atoms with Crippen LogP contribution in [-0.4, -0.2) is 63.8 Å². The molecule has 9 rings (SSSR count). The number of carboxylic acid groups (broad SMARTS) is 1. The fourth-order valence-corrected chi connectivity index (χ4v) is 11.2. The van der Waals surface area contributed by atoms with Gasteiger partial charge in [-0.3, -0.25) is 28.8 Å². The molecule has 13 nitrogen and oxygen atoms in total. The number of phenols is 1. The Labute approximate surface area is 353 Å². The Morgan fingerprint density at radius 2 is 1.70 bits per heavy atom. The molecular formula is C45H39ClN4O9S. The number of benzene rings is 3. The fourth-order valence-electron chi connectivity index (χ4n) is 9.90. The molecule has 6 unspecified atom stereocenters. The largest absolute Gasteiger partial charge is 0.502 e. The number of allylic oxidation sites excluding steroid dienone is 3. The number of aromatic carboxylic acids is 1. The van der Waals surface area contributed by atoms with Crippen molar-refractivity contribution in [3.8, 4) is 27.8 Å². The maximum atomic E-state index is 15.2. The van der Waals surface area contributed by atoms with Crippen molar-refractivity contribution in [2.24, 2.45) is 42.1 Å². The van der Waals surface area contributed by atoms with Crippen LogP contribution < -0.4 is 19.3 Å². The SMILES string of the molecule is COc1cc(C=CC2C3=CCC4C(=O)N(c5cccc(C(=O)O)c5)C(=O)C4C3CC3C(=O)N(c4cc(-c5sc6ccc(Cl)cc6c5C)nn4C)C(=O)C23C)cc(OC)c1O. The average Bonchev–Trinajstić information content (AvgIpc) is 3.90. The number of amides is 4. The molecule has 2 aliphatic heterocycles. The van der Waals surface area contributed by atoms with Gasteiger partial charge in [-0.1, -0.05) is 41.5 Å². The Morgan fingerprint density at radius 3 is 2.40 bits per heavy atom. The Balaban J connectivity index is 1.14. The van der Waals surface area contributed by atoms with E-state index in [-0.39, 0.29) is 41.3 Å². The highest BCUT2D eigenvalue weighted by Crippen LogP contribution is 2.61. The van der Waals surface area contributed by atoms with Crippen molar-refractivity contribution in [3.63, 3.8) is 0 Å². The van der Waals surface area contributed by atoms with Crippen LogP contribution in [0.2, 0.25) is 5.02 Å². The van der Waals surface area contributed by atoms with E-state index in [9.17, 15) is 29.4 Å². The highest BCUT2D eigenvalue weighted by molar-refractivity contribution is 7.22. The van der Waals surface area contributed by atoms with E-state index in [2.05, 4.69) is 0 Å². The Kier molecular flexibility index (Phi) is 9.28. The number of methoxy groups -OCH3 is 2. The van der Waals surface area contributed by atoms with Gasteiger partial charge in [0.15, 0.2) is 11.5 Å². The molecule has 4 aliphatic rings. The predicted molar refractivity (Wildman–Crippen MR) is 225 cm³/mol. The molecule has 3 aromatic carbocycles. The third kappa shape index (κ3) is 5.71. The standard InChI is InChI=1S/C45H39ClN4O9S/c1-21-28-18-24(46)10-14-35(28)60-39(21)32-20-36(48(3)47-32)50-41(53)31-19-29-26(11-12-27-37(29)42(54)49(40(27)52)25-8-6-7-23(17-25)43(55)56)30(45(31,2)44(50)57)13-9-22-15-33(58-4)38(51)34(16-22)59-5/h6-11,13-18,20,27,29-31,37,51H,12,19H2,1-5H3,(H,55,56). The second-order valence-electron chi connectivity index (χ2n) is 15.9. The van der Waals surface area contributed by atoms with E-state index < -0.39 is 64.6 Å². The summed E-state index contributed by atoms with van der Waals surface area (Å²) in [6.07, 6.45) is 5.89. The third-order valence-electron chi connectivity index (χ3n) is 12.9. The van der Waals surface area contributed by atoms with Crippen molar-refractivity contribution in [1.29, 1.82) is 0 Å². The Bertz CT molecular complexity index is 2760. The molecule has 3 fully saturated rings. The molecule has 2 aliphatic carbocycles. The first-order valence-corrected chi connectivity index (χ1v) is 20.5. The number of halogens is 1. The number of aromatic hydroxyl groups is 1. The van der Waals surface area contributed by atoms with Gasteiger partial charge in [0.05, 0.1) is 53.5 Å². The van der Waals surface area contributed by atoms with Gasteiger partial charge in [-0.15, -0.1) is 11.3 Å². The number of ether oxygens (including phenoxy) is 2. The second-order valence-corrected chi connectivity index (χ2v) is 17.4. The molecule has 2 aromatic heterocycles. The number of hydrogen-bond acceptors (Lipinski definition) is 10. The number of carbonyl (C=O) groups is 5. The molecule has 0 bridgehead atoms. The molecule has 6 atom stereocenters. The van der Waals surface area contributed by atoms with Crippen LogP contribution in [0.15, 0.2) is 78.4 Å². The molecule has 2 N–H and O–H groups in total. The van der Waals surface area contributed by atoms with E-state index in [4.69, 9.17) is 26.2 Å². The van der Waals surface area contributed by atoms with E-state index in [1.54, 1.807) is 38.2 Å². The minimum atomic E-state index is -1.33. The summed E-state index contributed by atoms with van der Waals surface area (Å²) in [6, 6.07) is 16.4. The van der Waals surface area contributed by atoms with Crippen molar-refractivity contribution >= 4 is 80.2 Å². The first-order valence-electron chi connectivity index (χ1n) is 19.3. The average molecular weight is 847 g/mol. The van der Waals surface area contributed by atoms with Gasteiger partial charge in [0.25, 0.3) is 0 Å². The van der Waals surface area contributed by atoms with Crippen molar-refractivity contribution in [3.05, 3.63) is 100 Å². The van der Waals surface area contributed by atoms with Gasteiger partial charge in [-0.05, 0) is 97.7 Å². The molecule has 0 radical (unpaired) electrons. The second kappa shape index (κ2) is 14.2. The monoisotopic (exact) mass is 846 g/mol. The molecule has 2 saturated heterocycles. The van der Waals surface area contributed by atoms with E-state index in [1.165, 1.54) is 59.4 Å². The van der Waals surface area contributed by atoms with Crippen LogP contribution in [0.4, 0.5) is 11.5 Å². The maximum absolute atomic E-state index is 15.2. The summed E-state index contributed by atoms with van der Waals surface area (Å²) in [5, 5.41) is 26.7. The normalized spacial score (nSPS) is 24.9. The molecule has 4 amide bonds. The summed E-state index contributed by atoms with van der Waals surface area (Å²) in [5.41, 5.74) is 1.68. The van der Waals surface area contributed by atoms with Crippen molar-refractivity contribution in [2.75, 3.05) is 24.0 Å². The highest BCUT2D eigenvalue weighted by Gasteiger charge is 2.67. The summed E-state index contributed by atoms with van der Waals surface area (Å²) in [7, 11) is 4.53. The summed E-state index contributed by atoms with van der Waals surface area (Å²) < 4.78 is 13.4. The van der Waals surface area contributed by atoms with Crippen LogP contribution >= 0.6 is 22.9 Å². The van der Waals surface area contributed by atoms with Crippen molar-refractivity contribution in [1.82, 2.24) is 9.78 Å². The highest BCUT2D eigenvalue weighted by atomic mass is 35.5. The van der Waals surface area contributed by atoms with Crippen molar-refractivity contribution < 1.29 is 43.7 Å². The van der Waals surface area contributed by atoms with Gasteiger partial charge in [-0.2, -0.15) is 5.10 Å². The van der Waals surface area contributed by atoms with Gasteiger partial charge >= 0.3 is 5.97 Å². The van der Waals surface area contributed by atoms with Crippen LogP contribution in [-0.2, 0) is 26.2 Å². The van der Waals surface area contributed by atoms with Crippen LogP contribution in [0.25, 0.3) is 26.7 Å². The Hall–Kier alpha value is -6.25. The molecular weight excluding hydrogens is 808 g/mol. The first-order chi connectivity index (χ1) is 28.7. The van der Waals surface area contributed by atoms with Crippen LogP contribution in [0.1, 0.15) is 41.3 Å². The van der Waals surface area contributed by atoms with Crippen molar-refractivity contribution in [2.45, 2.75) is 26.7 Å².